The van der Waals surface area contributed by atoms with Crippen molar-refractivity contribution in [1.82, 2.24) is 5.43 Å². The van der Waals surface area contributed by atoms with Crippen LogP contribution in [-0.4, -0.2) is 17.0 Å². The number of furan rings is 1. The number of hydrogen-bond donors (Lipinski definition) is 1. The van der Waals surface area contributed by atoms with Crippen LogP contribution in [0.2, 0.25) is 0 Å². The maximum atomic E-state index is 12.5. The summed E-state index contributed by atoms with van der Waals surface area (Å²) in [7, 11) is 0. The van der Waals surface area contributed by atoms with Crippen LogP contribution in [0.25, 0.3) is 22.1 Å². The van der Waals surface area contributed by atoms with E-state index < -0.39 is 4.92 Å². The predicted octanol–water partition coefficient (Wildman–Crippen LogP) is 5.08. The number of carbonyl (C=O) groups excluding carboxylic acids is 1. The number of amides is 1. The van der Waals surface area contributed by atoms with E-state index in [1.807, 2.05) is 36.4 Å². The van der Waals surface area contributed by atoms with Crippen molar-refractivity contribution in [1.29, 1.82) is 0 Å². The van der Waals surface area contributed by atoms with E-state index in [4.69, 9.17) is 4.42 Å². The van der Waals surface area contributed by atoms with Crippen LogP contribution in [-0.2, 0) is 0 Å². The van der Waals surface area contributed by atoms with Gasteiger partial charge >= 0.3 is 0 Å². The summed E-state index contributed by atoms with van der Waals surface area (Å²) < 4.78 is 5.74. The van der Waals surface area contributed by atoms with Gasteiger partial charge in [0.25, 0.3) is 11.6 Å². The van der Waals surface area contributed by atoms with Crippen molar-refractivity contribution in [3.8, 4) is 11.3 Å². The van der Waals surface area contributed by atoms with Gasteiger partial charge in [-0.25, -0.2) is 5.43 Å². The third-order valence-corrected chi connectivity index (χ3v) is 4.71. The number of nitro groups is 1. The molecule has 30 heavy (non-hydrogen) atoms. The zero-order chi connectivity index (χ0) is 21.1. The van der Waals surface area contributed by atoms with Gasteiger partial charge in [0.15, 0.2) is 0 Å². The molecule has 1 aromatic heterocycles. The van der Waals surface area contributed by atoms with Crippen LogP contribution in [0.3, 0.4) is 0 Å². The van der Waals surface area contributed by atoms with E-state index in [1.54, 1.807) is 31.2 Å². The van der Waals surface area contributed by atoms with Crippen molar-refractivity contribution in [3.63, 3.8) is 0 Å². The molecule has 0 atom stereocenters. The molecule has 0 saturated heterocycles. The van der Waals surface area contributed by atoms with E-state index in [9.17, 15) is 14.9 Å². The third-order valence-electron chi connectivity index (χ3n) is 4.71. The third kappa shape index (κ3) is 3.81. The highest BCUT2D eigenvalue weighted by Gasteiger charge is 2.12. The molecule has 7 nitrogen and oxygen atoms in total. The number of hydrogen-bond acceptors (Lipinski definition) is 5. The van der Waals surface area contributed by atoms with Gasteiger partial charge in [0, 0.05) is 23.3 Å². The summed E-state index contributed by atoms with van der Waals surface area (Å²) in [6.07, 6.45) is 1.41. The number of nitro benzene ring substituents is 1. The number of benzene rings is 3. The van der Waals surface area contributed by atoms with Crippen molar-refractivity contribution < 1.29 is 14.1 Å². The van der Waals surface area contributed by atoms with E-state index in [1.165, 1.54) is 18.3 Å². The maximum Gasteiger partial charge on any atom is 0.271 e. The molecule has 7 heteroatoms. The highest BCUT2D eigenvalue weighted by atomic mass is 16.6. The summed E-state index contributed by atoms with van der Waals surface area (Å²) in [5, 5.41) is 16.7. The lowest BCUT2D eigenvalue weighted by atomic mass is 10.0. The highest BCUT2D eigenvalue weighted by molar-refractivity contribution is 6.07. The number of fused-ring (bicyclic) bond motifs is 1. The fourth-order valence-electron chi connectivity index (χ4n) is 3.24. The van der Waals surface area contributed by atoms with Crippen molar-refractivity contribution in [3.05, 3.63) is 99.8 Å². The molecular weight excluding hydrogens is 382 g/mol. The molecule has 0 fully saturated rings. The van der Waals surface area contributed by atoms with Gasteiger partial charge in [-0.05, 0) is 47.5 Å². The van der Waals surface area contributed by atoms with Gasteiger partial charge in [0.1, 0.15) is 11.5 Å². The average molecular weight is 399 g/mol. The van der Waals surface area contributed by atoms with Crippen molar-refractivity contribution >= 4 is 28.6 Å². The fourth-order valence-corrected chi connectivity index (χ4v) is 3.24. The van der Waals surface area contributed by atoms with Crippen molar-refractivity contribution in [2.45, 2.75) is 6.92 Å². The lowest BCUT2D eigenvalue weighted by molar-refractivity contribution is -0.384. The molecule has 1 heterocycles. The lowest BCUT2D eigenvalue weighted by Gasteiger charge is -2.04. The Morgan fingerprint density at radius 2 is 1.87 bits per heavy atom. The Morgan fingerprint density at radius 1 is 1.07 bits per heavy atom. The van der Waals surface area contributed by atoms with E-state index in [-0.39, 0.29) is 11.6 Å². The number of carbonyl (C=O) groups is 1. The first-order valence-electron chi connectivity index (χ1n) is 9.19. The smallest absolute Gasteiger partial charge is 0.271 e. The van der Waals surface area contributed by atoms with Crippen LogP contribution in [0.15, 0.2) is 82.3 Å². The van der Waals surface area contributed by atoms with Crippen LogP contribution >= 0.6 is 0 Å². The molecule has 4 aromatic rings. The number of rotatable bonds is 5. The molecule has 0 unspecified atom stereocenters. The molecule has 0 aliphatic rings. The predicted molar refractivity (Wildman–Crippen MR) is 115 cm³/mol. The molecule has 148 valence electrons. The fraction of sp³-hybridized carbons (Fsp3) is 0.0435. The summed E-state index contributed by atoms with van der Waals surface area (Å²) in [5.74, 6) is 0.686. The quantitative estimate of drug-likeness (QED) is 0.287. The topological polar surface area (TPSA) is 97.7 Å². The van der Waals surface area contributed by atoms with Gasteiger partial charge in [0.05, 0.1) is 11.1 Å². The second-order valence-electron chi connectivity index (χ2n) is 6.68. The Hall–Kier alpha value is -4.26. The van der Waals surface area contributed by atoms with Gasteiger partial charge in [-0.2, -0.15) is 5.10 Å². The first-order chi connectivity index (χ1) is 14.5. The summed E-state index contributed by atoms with van der Waals surface area (Å²) in [4.78, 5) is 22.9. The van der Waals surface area contributed by atoms with E-state index >= 15 is 0 Å². The molecular formula is C23H17N3O4. The number of hydrazone groups is 1. The molecule has 1 amide bonds. The molecule has 0 bridgehead atoms. The minimum atomic E-state index is -0.435. The van der Waals surface area contributed by atoms with Crippen molar-refractivity contribution in [2.75, 3.05) is 0 Å². The standard InChI is InChI=1S/C23H17N3O4/c1-15-13-17(26(28)29)9-11-19(15)22-12-10-18(30-22)14-24-25-23(27)21-8-4-6-16-5-2-3-7-20(16)21/h2-14H,1H3,(H,25,27)/b24-14-. The van der Waals surface area contributed by atoms with Gasteiger partial charge in [0.2, 0.25) is 0 Å². The molecule has 0 aliphatic heterocycles. The van der Waals surface area contributed by atoms with Crippen LogP contribution in [0.1, 0.15) is 21.7 Å². The molecule has 0 spiro atoms. The second-order valence-corrected chi connectivity index (χ2v) is 6.68. The Balaban J connectivity index is 1.49. The summed E-state index contributed by atoms with van der Waals surface area (Å²) in [5.41, 5.74) is 4.56. The van der Waals surface area contributed by atoms with Crippen LogP contribution in [0.5, 0.6) is 0 Å². The zero-order valence-corrected chi connectivity index (χ0v) is 16.0. The van der Waals surface area contributed by atoms with Crippen LogP contribution in [0, 0.1) is 17.0 Å². The Bertz CT molecular complexity index is 1290. The van der Waals surface area contributed by atoms with Crippen molar-refractivity contribution in [2.24, 2.45) is 5.10 Å². The molecule has 0 saturated carbocycles. The highest BCUT2D eigenvalue weighted by Crippen LogP contribution is 2.28. The average Bonchev–Trinajstić information content (AvgIpc) is 3.21. The second kappa shape index (κ2) is 8.00. The molecule has 4 rings (SSSR count). The number of non-ortho nitro benzene ring substituents is 1. The molecule has 0 radical (unpaired) electrons. The van der Waals surface area contributed by atoms with E-state index in [0.29, 0.717) is 17.1 Å². The largest absolute Gasteiger partial charge is 0.455 e. The monoisotopic (exact) mass is 399 g/mol. The van der Waals surface area contributed by atoms with Gasteiger partial charge in [-0.3, -0.25) is 14.9 Å². The Labute approximate surface area is 171 Å². The summed E-state index contributed by atoms with van der Waals surface area (Å²) >= 11 is 0. The maximum absolute atomic E-state index is 12.5. The summed E-state index contributed by atoms with van der Waals surface area (Å²) in [6, 6.07) is 21.2. The minimum absolute atomic E-state index is 0.0285. The molecule has 0 aliphatic carbocycles. The first kappa shape index (κ1) is 19.1. The lowest BCUT2D eigenvalue weighted by Crippen LogP contribution is -2.17. The Morgan fingerprint density at radius 3 is 2.67 bits per heavy atom. The van der Waals surface area contributed by atoms with Gasteiger partial charge in [-0.15, -0.1) is 0 Å². The first-order valence-corrected chi connectivity index (χ1v) is 9.19. The van der Waals surface area contributed by atoms with Gasteiger partial charge < -0.3 is 4.42 Å². The van der Waals surface area contributed by atoms with Crippen LogP contribution in [0.4, 0.5) is 5.69 Å². The number of nitrogens with zero attached hydrogens (tertiary/aromatic N) is 2. The van der Waals surface area contributed by atoms with E-state index in [0.717, 1.165) is 21.9 Å². The minimum Gasteiger partial charge on any atom is -0.455 e. The van der Waals surface area contributed by atoms with E-state index in [2.05, 4.69) is 10.5 Å². The zero-order valence-electron chi connectivity index (χ0n) is 16.0. The SMILES string of the molecule is Cc1cc([N+](=O)[O-])ccc1-c1ccc(/C=N\NC(=O)c2cccc3ccccc23)o1. The number of aryl methyl sites for hydroxylation is 1. The molecule has 1 N–H and O–H groups in total. The Kier molecular flexibility index (Phi) is 5.09. The van der Waals surface area contributed by atoms with Crippen LogP contribution < -0.4 is 5.43 Å². The summed E-state index contributed by atoms with van der Waals surface area (Å²) in [6.45, 7) is 1.78. The normalized spacial score (nSPS) is 11.1. The number of nitrogens with one attached hydrogen (secondary N) is 1. The molecule has 3 aromatic carbocycles. The van der Waals surface area contributed by atoms with Gasteiger partial charge in [-0.1, -0.05) is 36.4 Å².